The average molecular weight is 457 g/mol. The molecule has 0 aromatic heterocycles. The minimum Gasteiger partial charge on any atom is -0.490 e. The highest BCUT2D eigenvalue weighted by Gasteiger charge is 2.31. The van der Waals surface area contributed by atoms with E-state index in [1.165, 1.54) is 19.3 Å². The highest BCUT2D eigenvalue weighted by Crippen LogP contribution is 2.28. The molecular formula is C27H40N2O4. The fourth-order valence-electron chi connectivity index (χ4n) is 5.63. The number of rotatable bonds is 7. The Morgan fingerprint density at radius 1 is 0.939 bits per heavy atom. The molecule has 0 unspecified atom stereocenters. The van der Waals surface area contributed by atoms with Crippen molar-refractivity contribution in [2.24, 2.45) is 5.92 Å². The minimum atomic E-state index is -0.144. The zero-order valence-electron chi connectivity index (χ0n) is 20.2. The Bertz CT molecular complexity index is 784. The fourth-order valence-corrected chi connectivity index (χ4v) is 5.63. The molecule has 1 saturated carbocycles. The Hall–Kier alpha value is -2.08. The topological polar surface area (TPSA) is 59.1 Å². The van der Waals surface area contributed by atoms with Crippen LogP contribution in [0, 0.1) is 5.92 Å². The van der Waals surface area contributed by atoms with Crippen LogP contribution in [-0.2, 0) is 20.9 Å². The van der Waals surface area contributed by atoms with Crippen molar-refractivity contribution in [1.82, 2.24) is 9.80 Å². The molecule has 182 valence electrons. The summed E-state index contributed by atoms with van der Waals surface area (Å²) in [6.07, 6.45) is 10.8. The van der Waals surface area contributed by atoms with Gasteiger partial charge in [-0.05, 0) is 56.8 Å². The molecule has 3 aliphatic rings. The fraction of sp³-hybridized carbons (Fsp3) is 0.704. The van der Waals surface area contributed by atoms with Crippen LogP contribution in [0.2, 0.25) is 0 Å². The third-order valence-corrected chi connectivity index (χ3v) is 7.47. The van der Waals surface area contributed by atoms with E-state index in [0.717, 1.165) is 82.4 Å². The Labute approximate surface area is 198 Å². The van der Waals surface area contributed by atoms with Gasteiger partial charge in [-0.1, -0.05) is 37.8 Å². The summed E-state index contributed by atoms with van der Waals surface area (Å²) >= 11 is 0. The lowest BCUT2D eigenvalue weighted by Crippen LogP contribution is -2.45. The Morgan fingerprint density at radius 3 is 2.45 bits per heavy atom. The van der Waals surface area contributed by atoms with E-state index in [1.807, 2.05) is 19.1 Å². The van der Waals surface area contributed by atoms with E-state index in [1.54, 1.807) is 0 Å². The molecule has 0 spiro atoms. The number of piperidine rings is 2. The third kappa shape index (κ3) is 6.50. The van der Waals surface area contributed by atoms with Crippen LogP contribution in [0.4, 0.5) is 0 Å². The molecule has 6 heteroatoms. The summed E-state index contributed by atoms with van der Waals surface area (Å²) in [6, 6.07) is 8.12. The van der Waals surface area contributed by atoms with Crippen molar-refractivity contribution < 1.29 is 19.1 Å². The van der Waals surface area contributed by atoms with E-state index in [0.29, 0.717) is 12.5 Å². The second-order valence-corrected chi connectivity index (χ2v) is 9.86. The van der Waals surface area contributed by atoms with E-state index in [4.69, 9.17) is 9.47 Å². The molecule has 33 heavy (non-hydrogen) atoms. The summed E-state index contributed by atoms with van der Waals surface area (Å²) in [6.45, 7) is 5.54. The quantitative estimate of drug-likeness (QED) is 0.563. The lowest BCUT2D eigenvalue weighted by atomic mass is 9.88. The van der Waals surface area contributed by atoms with Gasteiger partial charge in [-0.15, -0.1) is 0 Å². The average Bonchev–Trinajstić information content (AvgIpc) is 2.85. The second kappa shape index (κ2) is 11.9. The summed E-state index contributed by atoms with van der Waals surface area (Å²) in [5.41, 5.74) is 1.16. The Balaban J connectivity index is 1.28. The van der Waals surface area contributed by atoms with Crippen molar-refractivity contribution in [1.29, 1.82) is 0 Å². The minimum absolute atomic E-state index is 0.0980. The number of benzene rings is 1. The summed E-state index contributed by atoms with van der Waals surface area (Å²) < 4.78 is 11.6. The van der Waals surface area contributed by atoms with Crippen molar-refractivity contribution in [3.63, 3.8) is 0 Å². The van der Waals surface area contributed by atoms with Crippen LogP contribution in [0.1, 0.15) is 76.7 Å². The van der Waals surface area contributed by atoms with Crippen molar-refractivity contribution in [2.75, 3.05) is 26.2 Å². The van der Waals surface area contributed by atoms with E-state index in [2.05, 4.69) is 21.9 Å². The number of carbonyl (C=O) groups is 2. The molecule has 1 aromatic rings. The van der Waals surface area contributed by atoms with Crippen molar-refractivity contribution >= 4 is 11.9 Å². The van der Waals surface area contributed by atoms with Gasteiger partial charge < -0.3 is 14.4 Å². The number of likely N-dealkylation sites (tertiary alicyclic amines) is 2. The van der Waals surface area contributed by atoms with Gasteiger partial charge in [0.2, 0.25) is 5.91 Å². The van der Waals surface area contributed by atoms with E-state index < -0.39 is 0 Å². The molecule has 1 aromatic carbocycles. The normalized spacial score (nSPS) is 23.3. The maximum absolute atomic E-state index is 12.8. The number of amides is 1. The van der Waals surface area contributed by atoms with Gasteiger partial charge in [0.05, 0.1) is 6.61 Å². The van der Waals surface area contributed by atoms with Gasteiger partial charge in [-0.3, -0.25) is 14.5 Å². The van der Waals surface area contributed by atoms with Crippen molar-refractivity contribution in [3.05, 3.63) is 29.8 Å². The second-order valence-electron chi connectivity index (χ2n) is 9.86. The van der Waals surface area contributed by atoms with E-state index >= 15 is 0 Å². The van der Waals surface area contributed by atoms with Crippen LogP contribution < -0.4 is 4.74 Å². The first-order valence-corrected chi connectivity index (χ1v) is 13.1. The predicted molar refractivity (Wildman–Crippen MR) is 128 cm³/mol. The standard InChI is InChI=1S/C27H40N2O4/c1-2-32-27(31)25-13-6-7-16-29(25)20-21-9-8-12-24(19-21)33-23-14-17-28(18-15-23)26(30)22-10-4-3-5-11-22/h8-9,12,19,22-23,25H,2-7,10-11,13-18,20H2,1H3/t25-/m0/s1. The van der Waals surface area contributed by atoms with Gasteiger partial charge >= 0.3 is 5.97 Å². The molecule has 0 N–H and O–H groups in total. The first-order chi connectivity index (χ1) is 16.1. The molecule has 1 atom stereocenters. The maximum atomic E-state index is 12.8. The molecule has 2 heterocycles. The van der Waals surface area contributed by atoms with Gasteiger partial charge in [0.1, 0.15) is 17.9 Å². The zero-order valence-corrected chi connectivity index (χ0v) is 20.2. The Kier molecular flexibility index (Phi) is 8.65. The molecule has 1 aliphatic carbocycles. The van der Waals surface area contributed by atoms with Gasteiger partial charge in [0.15, 0.2) is 0 Å². The highest BCUT2D eigenvalue weighted by molar-refractivity contribution is 5.79. The molecular weight excluding hydrogens is 416 g/mol. The van der Waals surface area contributed by atoms with Gasteiger partial charge in [0.25, 0.3) is 0 Å². The number of esters is 1. The smallest absolute Gasteiger partial charge is 0.323 e. The molecule has 4 rings (SSSR count). The largest absolute Gasteiger partial charge is 0.490 e. The van der Waals surface area contributed by atoms with Crippen LogP contribution in [0.3, 0.4) is 0 Å². The van der Waals surface area contributed by atoms with E-state index in [-0.39, 0.29) is 24.0 Å². The number of carbonyl (C=O) groups excluding carboxylic acids is 2. The lowest BCUT2D eigenvalue weighted by Gasteiger charge is -2.35. The molecule has 6 nitrogen and oxygen atoms in total. The summed E-state index contributed by atoms with van der Waals surface area (Å²) in [5.74, 6) is 1.40. The van der Waals surface area contributed by atoms with E-state index in [9.17, 15) is 9.59 Å². The third-order valence-electron chi connectivity index (χ3n) is 7.47. The van der Waals surface area contributed by atoms with Crippen molar-refractivity contribution in [2.45, 2.75) is 89.8 Å². The lowest BCUT2D eigenvalue weighted by molar-refractivity contribution is -0.151. The number of ether oxygens (including phenoxy) is 2. The monoisotopic (exact) mass is 456 g/mol. The molecule has 1 amide bonds. The predicted octanol–water partition coefficient (Wildman–Crippen LogP) is 4.55. The first kappa shape index (κ1) is 24.1. The van der Waals surface area contributed by atoms with Gasteiger partial charge in [-0.25, -0.2) is 0 Å². The van der Waals surface area contributed by atoms with Crippen LogP contribution in [0.25, 0.3) is 0 Å². The Morgan fingerprint density at radius 2 is 1.70 bits per heavy atom. The van der Waals surface area contributed by atoms with Crippen LogP contribution in [0.5, 0.6) is 5.75 Å². The SMILES string of the molecule is CCOC(=O)[C@@H]1CCCCN1Cc1cccc(OC2CCN(C(=O)C3CCCCC3)CC2)c1. The van der Waals surface area contributed by atoms with Crippen LogP contribution >= 0.6 is 0 Å². The van der Waals surface area contributed by atoms with Gasteiger partial charge in [-0.2, -0.15) is 0 Å². The molecule has 0 radical (unpaired) electrons. The van der Waals surface area contributed by atoms with Crippen LogP contribution in [0.15, 0.2) is 24.3 Å². The zero-order chi connectivity index (χ0) is 23.0. The van der Waals surface area contributed by atoms with Crippen LogP contribution in [-0.4, -0.2) is 60.1 Å². The first-order valence-electron chi connectivity index (χ1n) is 13.1. The number of nitrogens with zero attached hydrogens (tertiary/aromatic N) is 2. The van der Waals surface area contributed by atoms with Crippen molar-refractivity contribution in [3.8, 4) is 5.75 Å². The van der Waals surface area contributed by atoms with Gasteiger partial charge in [0, 0.05) is 38.4 Å². The summed E-state index contributed by atoms with van der Waals surface area (Å²) in [5, 5.41) is 0. The molecule has 3 fully saturated rings. The summed E-state index contributed by atoms with van der Waals surface area (Å²) in [4.78, 5) is 29.5. The maximum Gasteiger partial charge on any atom is 0.323 e. The summed E-state index contributed by atoms with van der Waals surface area (Å²) in [7, 11) is 0. The number of hydrogen-bond acceptors (Lipinski definition) is 5. The molecule has 2 saturated heterocycles. The molecule has 0 bridgehead atoms. The highest BCUT2D eigenvalue weighted by atomic mass is 16.5. The number of hydrogen-bond donors (Lipinski definition) is 0. The molecule has 2 aliphatic heterocycles.